The lowest BCUT2D eigenvalue weighted by Crippen LogP contribution is -2.10. The quantitative estimate of drug-likeness (QED) is 0.480. The van der Waals surface area contributed by atoms with Crippen molar-refractivity contribution in [3.63, 3.8) is 0 Å². The minimum Gasteiger partial charge on any atom is -0.493 e. The molecule has 1 aromatic carbocycles. The molecule has 5 rings (SSSR count). The number of fused-ring (bicyclic) bond motifs is 2. The van der Waals surface area contributed by atoms with Crippen LogP contribution in [0.15, 0.2) is 52.4 Å². The van der Waals surface area contributed by atoms with Crippen molar-refractivity contribution >= 4 is 21.2 Å². The van der Waals surface area contributed by atoms with E-state index in [0.717, 1.165) is 22.4 Å². The van der Waals surface area contributed by atoms with Crippen molar-refractivity contribution in [2.24, 2.45) is 4.36 Å². The number of benzene rings is 1. The molecule has 0 amide bonds. The summed E-state index contributed by atoms with van der Waals surface area (Å²) in [5, 5.41) is 3.60. The average Bonchev–Trinajstić information content (AvgIpc) is 3.47. The molecule has 1 atom stereocenters. The second-order valence-corrected chi connectivity index (χ2v) is 10.2. The summed E-state index contributed by atoms with van der Waals surface area (Å²) in [6.45, 7) is 2.67. The van der Waals surface area contributed by atoms with Crippen LogP contribution < -0.4 is 10.1 Å². The minimum atomic E-state index is -2.73. The average molecular weight is 467 g/mol. The van der Waals surface area contributed by atoms with Gasteiger partial charge in [0.2, 0.25) is 5.95 Å². The maximum Gasteiger partial charge on any atom is 0.209 e. The smallest absolute Gasteiger partial charge is 0.209 e. The third kappa shape index (κ3) is 3.60. The van der Waals surface area contributed by atoms with E-state index < -0.39 is 9.73 Å². The van der Waals surface area contributed by atoms with Gasteiger partial charge in [-0.1, -0.05) is 6.07 Å². The van der Waals surface area contributed by atoms with Crippen molar-refractivity contribution in [2.45, 2.75) is 24.9 Å². The molecule has 1 aliphatic rings. The van der Waals surface area contributed by atoms with Gasteiger partial charge in [0, 0.05) is 66.6 Å². The van der Waals surface area contributed by atoms with E-state index in [0.29, 0.717) is 40.8 Å². The minimum absolute atomic E-state index is 0.221. The Morgan fingerprint density at radius 3 is 2.88 bits per heavy atom. The highest BCUT2D eigenvalue weighted by atomic mass is 32.2. The largest absolute Gasteiger partial charge is 0.493 e. The topological polar surface area (TPSA) is 93.8 Å². The van der Waals surface area contributed by atoms with Crippen LogP contribution in [0, 0.1) is 12.7 Å². The monoisotopic (exact) mass is 466 g/mol. The summed E-state index contributed by atoms with van der Waals surface area (Å²) < 4.78 is 39.2. The van der Waals surface area contributed by atoms with Crippen LogP contribution in [0.4, 0.5) is 10.3 Å². The molecule has 0 bridgehead atoms. The van der Waals surface area contributed by atoms with E-state index in [1.54, 1.807) is 35.4 Å². The van der Waals surface area contributed by atoms with Crippen LogP contribution in [-0.4, -0.2) is 43.5 Å². The SMILES string of the molecule is CN=S(C)(=O)c1ncn2c(NCc3c(F)ccc4c3CCO4)ncc(-c3cccnc3C)c12. The molecule has 4 heterocycles. The first-order valence-electron chi connectivity index (χ1n) is 10.5. The van der Waals surface area contributed by atoms with Gasteiger partial charge in [-0.05, 0) is 25.1 Å². The predicted molar refractivity (Wildman–Crippen MR) is 125 cm³/mol. The third-order valence-corrected chi connectivity index (χ3v) is 7.61. The van der Waals surface area contributed by atoms with E-state index in [4.69, 9.17) is 4.74 Å². The molecule has 4 aromatic rings. The molecule has 170 valence electrons. The number of hydrogen-bond donors (Lipinski definition) is 1. The van der Waals surface area contributed by atoms with Crippen LogP contribution in [0.3, 0.4) is 0 Å². The molecule has 1 unspecified atom stereocenters. The molecule has 8 nitrogen and oxygen atoms in total. The van der Waals surface area contributed by atoms with Gasteiger partial charge in [0.25, 0.3) is 0 Å². The van der Waals surface area contributed by atoms with Crippen LogP contribution >= 0.6 is 0 Å². The first-order chi connectivity index (χ1) is 15.9. The molecule has 33 heavy (non-hydrogen) atoms. The van der Waals surface area contributed by atoms with Crippen molar-refractivity contribution in [1.29, 1.82) is 0 Å². The third-order valence-electron chi connectivity index (χ3n) is 5.90. The van der Waals surface area contributed by atoms with E-state index in [2.05, 4.69) is 24.6 Å². The maximum atomic E-state index is 14.6. The Bertz CT molecular complexity index is 1510. The molecule has 0 fully saturated rings. The summed E-state index contributed by atoms with van der Waals surface area (Å²) in [5.74, 6) is 0.878. The van der Waals surface area contributed by atoms with Crippen LogP contribution in [0.25, 0.3) is 16.6 Å². The molecular formula is C23H23FN6O2S. The van der Waals surface area contributed by atoms with Crippen molar-refractivity contribution in [3.05, 3.63) is 65.6 Å². The number of imidazole rings is 1. The van der Waals surface area contributed by atoms with E-state index in [1.165, 1.54) is 13.1 Å². The van der Waals surface area contributed by atoms with Crippen LogP contribution in [0.5, 0.6) is 5.75 Å². The molecule has 0 aliphatic carbocycles. The first kappa shape index (κ1) is 21.3. The van der Waals surface area contributed by atoms with Crippen molar-refractivity contribution in [2.75, 3.05) is 25.2 Å². The molecule has 0 saturated carbocycles. The number of halogens is 1. The van der Waals surface area contributed by atoms with E-state index in [9.17, 15) is 8.60 Å². The molecule has 0 spiro atoms. The summed E-state index contributed by atoms with van der Waals surface area (Å²) >= 11 is 0. The summed E-state index contributed by atoms with van der Waals surface area (Å²) in [7, 11) is -1.22. The Hall–Kier alpha value is -3.53. The number of aryl methyl sites for hydroxylation is 1. The van der Waals surface area contributed by atoms with Gasteiger partial charge in [-0.3, -0.25) is 9.38 Å². The number of nitrogens with one attached hydrogen (secondary N) is 1. The van der Waals surface area contributed by atoms with Gasteiger partial charge in [0.15, 0.2) is 5.03 Å². The summed E-state index contributed by atoms with van der Waals surface area (Å²) in [4.78, 5) is 13.4. The summed E-state index contributed by atoms with van der Waals surface area (Å²) in [6, 6.07) is 6.86. The molecule has 0 radical (unpaired) electrons. The van der Waals surface area contributed by atoms with Crippen molar-refractivity contribution in [3.8, 4) is 16.9 Å². The highest BCUT2D eigenvalue weighted by molar-refractivity contribution is 7.93. The normalized spacial score (nSPS) is 14.5. The lowest BCUT2D eigenvalue weighted by molar-refractivity contribution is 0.356. The van der Waals surface area contributed by atoms with E-state index in [1.807, 2.05) is 19.1 Å². The molecule has 10 heteroatoms. The van der Waals surface area contributed by atoms with Crippen molar-refractivity contribution < 1.29 is 13.3 Å². The van der Waals surface area contributed by atoms with Gasteiger partial charge in [-0.15, -0.1) is 0 Å². The fourth-order valence-electron chi connectivity index (χ4n) is 4.12. The Labute approximate surface area is 191 Å². The first-order valence-corrected chi connectivity index (χ1v) is 12.4. The van der Waals surface area contributed by atoms with Gasteiger partial charge in [-0.25, -0.2) is 22.9 Å². The van der Waals surface area contributed by atoms with E-state index in [-0.39, 0.29) is 12.4 Å². The van der Waals surface area contributed by atoms with Crippen LogP contribution in [0.1, 0.15) is 16.8 Å². The van der Waals surface area contributed by atoms with Crippen LogP contribution in [0.2, 0.25) is 0 Å². The second-order valence-electron chi connectivity index (χ2n) is 7.84. The fourth-order valence-corrected chi connectivity index (χ4v) is 5.10. The number of nitrogens with zero attached hydrogens (tertiary/aromatic N) is 5. The lowest BCUT2D eigenvalue weighted by atomic mass is 10.0. The molecule has 3 aromatic heterocycles. The highest BCUT2D eigenvalue weighted by Crippen LogP contribution is 2.33. The Morgan fingerprint density at radius 1 is 1.24 bits per heavy atom. The Kier molecular flexibility index (Phi) is 5.24. The van der Waals surface area contributed by atoms with Gasteiger partial charge in [0.05, 0.1) is 21.9 Å². The van der Waals surface area contributed by atoms with Gasteiger partial charge < -0.3 is 10.1 Å². The maximum absolute atomic E-state index is 14.6. The number of pyridine rings is 1. The van der Waals surface area contributed by atoms with Gasteiger partial charge >= 0.3 is 0 Å². The lowest BCUT2D eigenvalue weighted by Gasteiger charge is -2.14. The zero-order chi connectivity index (χ0) is 23.2. The fraction of sp³-hybridized carbons (Fsp3) is 0.261. The summed E-state index contributed by atoms with van der Waals surface area (Å²) in [5.41, 5.74) is 4.47. The number of rotatable bonds is 5. The zero-order valence-corrected chi connectivity index (χ0v) is 19.3. The van der Waals surface area contributed by atoms with Gasteiger partial charge in [0.1, 0.15) is 17.9 Å². The number of hydrogen-bond acceptors (Lipinski definition) is 7. The highest BCUT2D eigenvalue weighted by Gasteiger charge is 2.23. The van der Waals surface area contributed by atoms with Crippen molar-refractivity contribution in [1.82, 2.24) is 19.4 Å². The predicted octanol–water partition coefficient (Wildman–Crippen LogP) is 3.87. The van der Waals surface area contributed by atoms with Crippen LogP contribution in [-0.2, 0) is 22.7 Å². The zero-order valence-electron chi connectivity index (χ0n) is 18.5. The van der Waals surface area contributed by atoms with E-state index >= 15 is 0 Å². The Morgan fingerprint density at radius 2 is 2.09 bits per heavy atom. The van der Waals surface area contributed by atoms with Gasteiger partial charge in [-0.2, -0.15) is 0 Å². The standard InChI is InChI=1S/C23H23FN6O2S/c1-14-15(5-4-9-26-14)18-12-28-23(30-13-29-22(21(18)30)33(3,31)25-2)27-11-17-16-8-10-32-20(16)7-6-19(17)24/h4-7,9,12-13H,8,10-11H2,1-3H3,(H,27,28). The summed E-state index contributed by atoms with van der Waals surface area (Å²) in [6.07, 6.45) is 7.21. The number of ether oxygens (including phenoxy) is 1. The number of aromatic nitrogens is 4. The molecule has 1 N–H and O–H groups in total. The Balaban J connectivity index is 1.64. The molecular weight excluding hydrogens is 443 g/mol. The molecule has 1 aliphatic heterocycles. The second kappa shape index (κ2) is 8.11. The number of anilines is 1. The molecule has 0 saturated heterocycles.